The molecule has 1 N–H and O–H groups in total. The highest BCUT2D eigenvalue weighted by Crippen LogP contribution is 2.37. The summed E-state index contributed by atoms with van der Waals surface area (Å²) in [6.45, 7) is 2.16. The van der Waals surface area contributed by atoms with E-state index in [4.69, 9.17) is 18.0 Å². The number of hydrogen-bond acceptors (Lipinski definition) is 2. The SMILES string of the molecule is C#CCN1CCC(Nc2ccc(Cl)cc2C(F)(F)F)CC1. The van der Waals surface area contributed by atoms with Gasteiger partial charge in [0.25, 0.3) is 0 Å². The van der Waals surface area contributed by atoms with Crippen molar-refractivity contribution in [2.24, 2.45) is 0 Å². The van der Waals surface area contributed by atoms with Gasteiger partial charge in [0.2, 0.25) is 0 Å². The van der Waals surface area contributed by atoms with E-state index < -0.39 is 11.7 Å². The minimum Gasteiger partial charge on any atom is -0.382 e. The predicted molar refractivity (Wildman–Crippen MR) is 78.4 cm³/mol. The lowest BCUT2D eigenvalue weighted by atomic mass is 10.0. The van der Waals surface area contributed by atoms with E-state index >= 15 is 0 Å². The molecule has 0 saturated carbocycles. The molecule has 0 amide bonds. The van der Waals surface area contributed by atoms with Crippen LogP contribution in [0.3, 0.4) is 0 Å². The van der Waals surface area contributed by atoms with Crippen molar-refractivity contribution in [3.63, 3.8) is 0 Å². The molecule has 2 rings (SSSR count). The molecule has 1 aliphatic heterocycles. The molecular weight excluding hydrogens is 301 g/mol. The molecule has 21 heavy (non-hydrogen) atoms. The molecule has 0 aromatic heterocycles. The van der Waals surface area contributed by atoms with Gasteiger partial charge in [0.05, 0.1) is 12.1 Å². The van der Waals surface area contributed by atoms with Crippen LogP contribution >= 0.6 is 11.6 Å². The zero-order valence-electron chi connectivity index (χ0n) is 11.4. The van der Waals surface area contributed by atoms with E-state index in [0.29, 0.717) is 6.54 Å². The summed E-state index contributed by atoms with van der Waals surface area (Å²) in [6.07, 6.45) is 2.37. The predicted octanol–water partition coefficient (Wildman–Crippen LogP) is 3.87. The molecule has 0 aliphatic carbocycles. The average Bonchev–Trinajstić information content (AvgIpc) is 2.42. The Morgan fingerprint density at radius 1 is 1.33 bits per heavy atom. The zero-order chi connectivity index (χ0) is 15.5. The molecule has 0 unspecified atom stereocenters. The van der Waals surface area contributed by atoms with Gasteiger partial charge in [0.15, 0.2) is 0 Å². The van der Waals surface area contributed by atoms with Crippen molar-refractivity contribution in [2.75, 3.05) is 25.0 Å². The lowest BCUT2D eigenvalue weighted by Crippen LogP contribution is -2.39. The smallest absolute Gasteiger partial charge is 0.382 e. The maximum atomic E-state index is 13.0. The molecule has 0 spiro atoms. The van der Waals surface area contributed by atoms with Crippen molar-refractivity contribution in [2.45, 2.75) is 25.1 Å². The molecule has 0 radical (unpaired) electrons. The van der Waals surface area contributed by atoms with E-state index in [1.807, 2.05) is 0 Å². The number of piperidine rings is 1. The monoisotopic (exact) mass is 316 g/mol. The van der Waals surface area contributed by atoms with Gasteiger partial charge in [-0.3, -0.25) is 4.90 Å². The van der Waals surface area contributed by atoms with Gasteiger partial charge < -0.3 is 5.32 Å². The normalized spacial score (nSPS) is 17.5. The second kappa shape index (κ2) is 6.59. The first-order valence-electron chi connectivity index (χ1n) is 6.69. The summed E-state index contributed by atoms with van der Waals surface area (Å²) in [4.78, 5) is 2.12. The van der Waals surface area contributed by atoms with Gasteiger partial charge in [-0.15, -0.1) is 6.42 Å². The first kappa shape index (κ1) is 16.0. The second-order valence-electron chi connectivity index (χ2n) is 5.09. The summed E-state index contributed by atoms with van der Waals surface area (Å²) in [6, 6.07) is 3.82. The van der Waals surface area contributed by atoms with E-state index in [9.17, 15) is 13.2 Å². The lowest BCUT2D eigenvalue weighted by Gasteiger charge is -2.32. The fourth-order valence-corrected chi connectivity index (χ4v) is 2.63. The number of anilines is 1. The van der Waals surface area contributed by atoms with Gasteiger partial charge in [-0.05, 0) is 31.0 Å². The third kappa shape index (κ3) is 4.29. The Morgan fingerprint density at radius 2 is 2.00 bits per heavy atom. The van der Waals surface area contributed by atoms with Gasteiger partial charge in [-0.2, -0.15) is 13.2 Å². The molecule has 1 fully saturated rings. The number of alkyl halides is 3. The minimum atomic E-state index is -4.42. The van der Waals surface area contributed by atoms with Crippen LogP contribution in [0.15, 0.2) is 18.2 Å². The van der Waals surface area contributed by atoms with E-state index in [-0.39, 0.29) is 16.8 Å². The lowest BCUT2D eigenvalue weighted by molar-refractivity contribution is -0.137. The van der Waals surface area contributed by atoms with Crippen LogP contribution in [0.4, 0.5) is 18.9 Å². The number of hydrogen-bond donors (Lipinski definition) is 1. The van der Waals surface area contributed by atoms with Crippen molar-refractivity contribution in [1.82, 2.24) is 4.90 Å². The standard InChI is InChI=1S/C15H16ClF3N2/c1-2-7-21-8-5-12(6-9-21)20-14-4-3-11(16)10-13(14)15(17,18)19/h1,3-4,10,12,20H,5-9H2. The summed E-state index contributed by atoms with van der Waals surface area (Å²) in [5.74, 6) is 2.58. The molecule has 1 heterocycles. The average molecular weight is 317 g/mol. The van der Waals surface area contributed by atoms with Crippen molar-refractivity contribution in [3.8, 4) is 12.3 Å². The Kier molecular flexibility index (Phi) is 5.02. The minimum absolute atomic E-state index is 0.0151. The van der Waals surface area contributed by atoms with Gasteiger partial charge >= 0.3 is 6.18 Å². The summed E-state index contributed by atoms with van der Waals surface area (Å²) < 4.78 is 39.0. The number of likely N-dealkylation sites (tertiary alicyclic amines) is 1. The van der Waals surface area contributed by atoms with Crippen LogP contribution in [0.5, 0.6) is 0 Å². The van der Waals surface area contributed by atoms with E-state index in [0.717, 1.165) is 32.0 Å². The van der Waals surface area contributed by atoms with Crippen LogP contribution in [-0.4, -0.2) is 30.6 Å². The van der Waals surface area contributed by atoms with Crippen LogP contribution in [0.1, 0.15) is 18.4 Å². The molecule has 1 aromatic rings. The van der Waals surface area contributed by atoms with Crippen molar-refractivity contribution in [1.29, 1.82) is 0 Å². The van der Waals surface area contributed by atoms with Gasteiger partial charge in [0, 0.05) is 29.8 Å². The first-order valence-corrected chi connectivity index (χ1v) is 7.07. The molecule has 1 aliphatic rings. The molecule has 2 nitrogen and oxygen atoms in total. The first-order chi connectivity index (χ1) is 9.90. The van der Waals surface area contributed by atoms with Crippen molar-refractivity contribution in [3.05, 3.63) is 28.8 Å². The fourth-order valence-electron chi connectivity index (χ4n) is 2.46. The fraction of sp³-hybridized carbons (Fsp3) is 0.467. The highest BCUT2D eigenvalue weighted by Gasteiger charge is 2.34. The van der Waals surface area contributed by atoms with Crippen LogP contribution in [0, 0.1) is 12.3 Å². The van der Waals surface area contributed by atoms with Crippen LogP contribution < -0.4 is 5.32 Å². The maximum absolute atomic E-state index is 13.0. The van der Waals surface area contributed by atoms with Gasteiger partial charge in [-0.1, -0.05) is 17.5 Å². The summed E-state index contributed by atoms with van der Waals surface area (Å²) in [5.41, 5.74) is -0.636. The quantitative estimate of drug-likeness (QED) is 0.852. The summed E-state index contributed by atoms with van der Waals surface area (Å²) >= 11 is 5.67. The third-order valence-electron chi connectivity index (χ3n) is 3.55. The largest absolute Gasteiger partial charge is 0.418 e. The topological polar surface area (TPSA) is 15.3 Å². The zero-order valence-corrected chi connectivity index (χ0v) is 12.1. The Morgan fingerprint density at radius 3 is 2.57 bits per heavy atom. The number of terminal acetylenes is 1. The van der Waals surface area contributed by atoms with E-state index in [1.54, 1.807) is 0 Å². The summed E-state index contributed by atoms with van der Waals surface area (Å²) in [7, 11) is 0. The third-order valence-corrected chi connectivity index (χ3v) is 3.78. The number of halogens is 4. The number of nitrogens with zero attached hydrogens (tertiary/aromatic N) is 1. The molecule has 114 valence electrons. The van der Waals surface area contributed by atoms with Crippen LogP contribution in [0.25, 0.3) is 0 Å². The number of benzene rings is 1. The molecular formula is C15H16ClF3N2. The summed E-state index contributed by atoms with van der Waals surface area (Å²) in [5, 5.41) is 3.07. The van der Waals surface area contributed by atoms with Crippen molar-refractivity contribution >= 4 is 17.3 Å². The highest BCUT2D eigenvalue weighted by molar-refractivity contribution is 6.30. The van der Waals surface area contributed by atoms with E-state index in [2.05, 4.69) is 16.1 Å². The number of rotatable bonds is 3. The van der Waals surface area contributed by atoms with Crippen LogP contribution in [-0.2, 0) is 6.18 Å². The van der Waals surface area contributed by atoms with E-state index in [1.165, 1.54) is 12.1 Å². The molecule has 6 heteroatoms. The van der Waals surface area contributed by atoms with Gasteiger partial charge in [-0.25, -0.2) is 0 Å². The molecule has 0 atom stereocenters. The molecule has 0 bridgehead atoms. The van der Waals surface area contributed by atoms with Crippen LogP contribution in [0.2, 0.25) is 5.02 Å². The molecule has 1 saturated heterocycles. The Bertz CT molecular complexity index is 529. The Labute approximate surface area is 127 Å². The second-order valence-corrected chi connectivity index (χ2v) is 5.52. The van der Waals surface area contributed by atoms with Gasteiger partial charge in [0.1, 0.15) is 0 Å². The maximum Gasteiger partial charge on any atom is 0.418 e. The Balaban J connectivity index is 2.06. The number of nitrogens with one attached hydrogen (secondary N) is 1. The Hall–Kier alpha value is -1.38. The molecule has 1 aromatic carbocycles. The van der Waals surface area contributed by atoms with Crippen molar-refractivity contribution < 1.29 is 13.2 Å². The highest BCUT2D eigenvalue weighted by atomic mass is 35.5.